The molecule has 0 bridgehead atoms. The van der Waals surface area contributed by atoms with Crippen molar-refractivity contribution in [1.82, 2.24) is 5.01 Å². The summed E-state index contributed by atoms with van der Waals surface area (Å²) >= 11 is 1.73. The lowest BCUT2D eigenvalue weighted by Crippen LogP contribution is -2.50. The number of urea groups is 1. The van der Waals surface area contributed by atoms with Crippen LogP contribution in [0.3, 0.4) is 0 Å². The van der Waals surface area contributed by atoms with E-state index in [1.54, 1.807) is 11.3 Å². The molecule has 3 N–H and O–H groups in total. The van der Waals surface area contributed by atoms with Crippen LogP contribution in [-0.4, -0.2) is 11.0 Å². The Balaban J connectivity index is 2.18. The van der Waals surface area contributed by atoms with E-state index >= 15 is 0 Å². The molecular weight excluding hydrogens is 198 g/mol. The van der Waals surface area contributed by atoms with E-state index in [-0.39, 0.29) is 11.6 Å². The predicted molar refractivity (Wildman–Crippen MR) is 55.0 cm³/mol. The van der Waals surface area contributed by atoms with Crippen molar-refractivity contribution in [2.75, 3.05) is 5.32 Å². The van der Waals surface area contributed by atoms with Crippen molar-refractivity contribution in [3.05, 3.63) is 15.8 Å². The third-order valence-corrected chi connectivity index (χ3v) is 4.17. The van der Waals surface area contributed by atoms with Gasteiger partial charge in [-0.2, -0.15) is 0 Å². The Morgan fingerprint density at radius 2 is 2.36 bits per heavy atom. The molecule has 2 aliphatic rings. The average molecular weight is 209 g/mol. The van der Waals surface area contributed by atoms with Gasteiger partial charge >= 0.3 is 6.03 Å². The number of carbonyl (C=O) groups is 1. The van der Waals surface area contributed by atoms with Gasteiger partial charge in [-0.25, -0.2) is 10.6 Å². The van der Waals surface area contributed by atoms with Crippen LogP contribution in [0.2, 0.25) is 0 Å². The van der Waals surface area contributed by atoms with Crippen LogP contribution >= 0.6 is 11.3 Å². The minimum Gasteiger partial charge on any atom is -0.306 e. The quantitative estimate of drug-likeness (QED) is 0.505. The second kappa shape index (κ2) is 2.29. The highest BCUT2D eigenvalue weighted by molar-refractivity contribution is 7.12. The van der Waals surface area contributed by atoms with Crippen molar-refractivity contribution in [2.24, 2.45) is 5.84 Å². The van der Waals surface area contributed by atoms with Gasteiger partial charge < -0.3 is 5.32 Å². The van der Waals surface area contributed by atoms with E-state index in [0.717, 1.165) is 18.5 Å². The number of fused-ring (bicyclic) bond motifs is 2. The van der Waals surface area contributed by atoms with Crippen molar-refractivity contribution >= 4 is 23.1 Å². The number of carbonyl (C=O) groups excluding carboxylic acids is 1. The first-order valence-electron chi connectivity index (χ1n) is 4.60. The summed E-state index contributed by atoms with van der Waals surface area (Å²) in [7, 11) is 0. The number of aryl methyl sites for hydroxylation is 1. The number of anilines is 1. The molecule has 2 amide bonds. The molecule has 3 rings (SSSR count). The van der Waals surface area contributed by atoms with E-state index in [0.29, 0.717) is 0 Å². The van der Waals surface area contributed by atoms with Crippen molar-refractivity contribution < 1.29 is 4.79 Å². The van der Waals surface area contributed by atoms with Gasteiger partial charge in [0.05, 0.1) is 16.1 Å². The highest BCUT2D eigenvalue weighted by Gasteiger charge is 2.55. The first-order valence-corrected chi connectivity index (χ1v) is 5.42. The summed E-state index contributed by atoms with van der Waals surface area (Å²) in [5.41, 5.74) is 0.785. The van der Waals surface area contributed by atoms with E-state index in [1.807, 2.05) is 13.0 Å². The molecule has 1 aromatic heterocycles. The smallest absolute Gasteiger partial charge is 0.306 e. The lowest BCUT2D eigenvalue weighted by Gasteiger charge is -2.32. The molecule has 14 heavy (non-hydrogen) atoms. The third kappa shape index (κ3) is 0.835. The van der Waals surface area contributed by atoms with Crippen LogP contribution in [0.25, 0.3) is 0 Å². The molecule has 1 aromatic rings. The van der Waals surface area contributed by atoms with Gasteiger partial charge in [0, 0.05) is 4.88 Å². The Morgan fingerprint density at radius 1 is 1.64 bits per heavy atom. The largest absolute Gasteiger partial charge is 0.336 e. The summed E-state index contributed by atoms with van der Waals surface area (Å²) in [4.78, 5) is 14.0. The maximum atomic E-state index is 11.5. The van der Waals surface area contributed by atoms with E-state index in [4.69, 9.17) is 5.84 Å². The molecule has 5 heteroatoms. The summed E-state index contributed by atoms with van der Waals surface area (Å²) in [6.45, 7) is 2.05. The van der Waals surface area contributed by atoms with Crippen LogP contribution < -0.4 is 11.2 Å². The lowest BCUT2D eigenvalue weighted by atomic mass is 10.1. The monoisotopic (exact) mass is 209 g/mol. The molecule has 0 saturated heterocycles. The van der Waals surface area contributed by atoms with Crippen LogP contribution in [0.15, 0.2) is 6.07 Å². The number of hydrogen-bond donors (Lipinski definition) is 2. The zero-order valence-corrected chi connectivity index (χ0v) is 8.65. The average Bonchev–Trinajstić information content (AvgIpc) is 2.84. The number of thiophene rings is 1. The fraction of sp³-hybridized carbons (Fsp3) is 0.444. The van der Waals surface area contributed by atoms with Crippen molar-refractivity contribution in [2.45, 2.75) is 25.3 Å². The van der Waals surface area contributed by atoms with Crippen LogP contribution in [0.4, 0.5) is 10.5 Å². The molecule has 2 heterocycles. The molecule has 1 fully saturated rings. The molecule has 1 spiro atoms. The van der Waals surface area contributed by atoms with Gasteiger partial charge in [-0.05, 0) is 25.8 Å². The molecule has 1 aliphatic heterocycles. The molecule has 0 radical (unpaired) electrons. The second-order valence-electron chi connectivity index (χ2n) is 3.93. The summed E-state index contributed by atoms with van der Waals surface area (Å²) in [5, 5.41) is 4.15. The Bertz CT molecular complexity index is 422. The number of amides is 2. The normalized spacial score (nSPS) is 22.1. The number of nitrogens with two attached hydrogens (primary N) is 1. The van der Waals surface area contributed by atoms with Crippen LogP contribution in [0.1, 0.15) is 22.6 Å². The fourth-order valence-electron chi connectivity index (χ4n) is 2.02. The molecule has 0 aromatic carbocycles. The fourth-order valence-corrected chi connectivity index (χ4v) is 3.23. The topological polar surface area (TPSA) is 58.4 Å². The van der Waals surface area contributed by atoms with Crippen LogP contribution in [-0.2, 0) is 5.54 Å². The van der Waals surface area contributed by atoms with Gasteiger partial charge in [-0.3, -0.25) is 5.01 Å². The minimum atomic E-state index is -0.187. The molecule has 1 aliphatic carbocycles. The summed E-state index contributed by atoms with van der Waals surface area (Å²) < 4.78 is 0. The Hall–Kier alpha value is -1.07. The maximum Gasteiger partial charge on any atom is 0.336 e. The molecule has 0 unspecified atom stereocenters. The van der Waals surface area contributed by atoms with E-state index in [1.165, 1.54) is 14.8 Å². The maximum absolute atomic E-state index is 11.5. The molecular formula is C9H11N3OS. The number of hydrazine groups is 1. The summed E-state index contributed by atoms with van der Waals surface area (Å²) in [6.07, 6.45) is 1.98. The second-order valence-corrected chi connectivity index (χ2v) is 5.19. The lowest BCUT2D eigenvalue weighted by molar-refractivity contribution is 0.178. The zero-order chi connectivity index (χ0) is 9.92. The highest BCUT2D eigenvalue weighted by Crippen LogP contribution is 2.56. The van der Waals surface area contributed by atoms with E-state index in [9.17, 15) is 4.79 Å². The van der Waals surface area contributed by atoms with Gasteiger partial charge in [-0.1, -0.05) is 0 Å². The van der Waals surface area contributed by atoms with Crippen molar-refractivity contribution in [3.63, 3.8) is 0 Å². The number of hydrogen-bond acceptors (Lipinski definition) is 3. The highest BCUT2D eigenvalue weighted by atomic mass is 32.1. The van der Waals surface area contributed by atoms with E-state index in [2.05, 4.69) is 5.32 Å². The Kier molecular flexibility index (Phi) is 1.35. The predicted octanol–water partition coefficient (Wildman–Crippen LogP) is 1.77. The van der Waals surface area contributed by atoms with Gasteiger partial charge in [0.1, 0.15) is 0 Å². The van der Waals surface area contributed by atoms with Crippen LogP contribution in [0, 0.1) is 6.92 Å². The standard InChI is InChI=1S/C9H11N3OS/c1-5-4-6-7(14-5)9(2-3-9)12(10)8(13)11-6/h4H,2-3,10H2,1H3,(H,11,13). The van der Waals surface area contributed by atoms with Gasteiger partial charge in [-0.15, -0.1) is 11.3 Å². The van der Waals surface area contributed by atoms with Crippen molar-refractivity contribution in [1.29, 1.82) is 0 Å². The number of nitrogens with one attached hydrogen (secondary N) is 1. The Morgan fingerprint density at radius 3 is 3.00 bits per heavy atom. The first-order chi connectivity index (χ1) is 6.63. The minimum absolute atomic E-state index is 0.170. The van der Waals surface area contributed by atoms with Crippen LogP contribution in [0.5, 0.6) is 0 Å². The molecule has 0 atom stereocenters. The van der Waals surface area contributed by atoms with Gasteiger partial charge in [0.25, 0.3) is 0 Å². The van der Waals surface area contributed by atoms with Crippen molar-refractivity contribution in [3.8, 4) is 0 Å². The molecule has 4 nitrogen and oxygen atoms in total. The Labute approximate surface area is 85.7 Å². The van der Waals surface area contributed by atoms with Gasteiger partial charge in [0.15, 0.2) is 0 Å². The van der Waals surface area contributed by atoms with Gasteiger partial charge in [0.2, 0.25) is 0 Å². The number of rotatable bonds is 0. The molecule has 74 valence electrons. The summed E-state index contributed by atoms with van der Waals surface area (Å²) in [5.74, 6) is 5.77. The third-order valence-electron chi connectivity index (χ3n) is 2.92. The SMILES string of the molecule is Cc1cc2c(s1)C1(CC1)N(N)C(=O)N2. The number of nitrogens with zero attached hydrogens (tertiary/aromatic N) is 1. The molecule has 1 saturated carbocycles. The first kappa shape index (κ1) is 8.26. The zero-order valence-electron chi connectivity index (χ0n) is 7.83. The van der Waals surface area contributed by atoms with E-state index < -0.39 is 0 Å². The summed E-state index contributed by atoms with van der Waals surface area (Å²) in [6, 6.07) is 1.83.